The number of thioether (sulfide) groups is 1. The summed E-state index contributed by atoms with van der Waals surface area (Å²) in [6, 6.07) is 15.9. The third-order valence-corrected chi connectivity index (χ3v) is 16.2. The second kappa shape index (κ2) is 14.1. The van der Waals surface area contributed by atoms with Crippen LogP contribution in [0.2, 0.25) is 0 Å². The molecule has 1 fully saturated rings. The molecule has 3 aromatic rings. The number of hydrogen-bond donors (Lipinski definition) is 1. The van der Waals surface area contributed by atoms with Crippen molar-refractivity contribution in [3.8, 4) is 0 Å². The van der Waals surface area contributed by atoms with Crippen molar-refractivity contribution >= 4 is 50.7 Å². The summed E-state index contributed by atoms with van der Waals surface area (Å²) in [6.07, 6.45) is 44.4. The Bertz CT molecular complexity index is 2690. The van der Waals surface area contributed by atoms with E-state index in [9.17, 15) is 0 Å². The van der Waals surface area contributed by atoms with E-state index in [2.05, 4.69) is 174 Å². The quantitative estimate of drug-likeness (QED) is 0.261. The van der Waals surface area contributed by atoms with Gasteiger partial charge in [-0.25, -0.2) is 4.99 Å². The molecule has 59 heavy (non-hydrogen) atoms. The van der Waals surface area contributed by atoms with Crippen molar-refractivity contribution in [1.29, 1.82) is 0 Å². The van der Waals surface area contributed by atoms with Gasteiger partial charge in [0.05, 0.1) is 23.2 Å². The van der Waals surface area contributed by atoms with Crippen LogP contribution in [-0.4, -0.2) is 51.6 Å². The van der Waals surface area contributed by atoms with Crippen LogP contribution in [0, 0.1) is 17.8 Å². The van der Waals surface area contributed by atoms with E-state index in [4.69, 9.17) is 9.73 Å². The maximum Gasteiger partial charge on any atom is 0.130 e. The van der Waals surface area contributed by atoms with E-state index in [0.717, 1.165) is 44.4 Å². The number of para-hydroxylation sites is 1. The highest BCUT2D eigenvalue weighted by molar-refractivity contribution is 8.04. The summed E-state index contributed by atoms with van der Waals surface area (Å²) in [6.45, 7) is 2.53. The first-order valence-electron chi connectivity index (χ1n) is 22.1. The van der Waals surface area contributed by atoms with Crippen molar-refractivity contribution in [1.82, 2.24) is 14.8 Å². The molecule has 0 spiro atoms. The molecular formula is C53H52N4OS. The summed E-state index contributed by atoms with van der Waals surface area (Å²) in [4.78, 5) is 9.74. The van der Waals surface area contributed by atoms with Gasteiger partial charge in [0.15, 0.2) is 0 Å². The van der Waals surface area contributed by atoms with Gasteiger partial charge < -0.3 is 14.2 Å². The van der Waals surface area contributed by atoms with Gasteiger partial charge in [-0.15, -0.1) is 11.8 Å². The fraction of sp³-hybridized carbons (Fsp3) is 0.340. The van der Waals surface area contributed by atoms with Crippen LogP contribution >= 0.6 is 11.8 Å². The number of aliphatic imine (C=N–C) groups is 1. The first-order valence-corrected chi connectivity index (χ1v) is 22.9. The first kappa shape index (κ1) is 36.0. The number of fused-ring (bicyclic) bond motifs is 8. The largest absolute Gasteiger partial charge is 0.365 e. The normalized spacial score (nSPS) is 33.3. The van der Waals surface area contributed by atoms with E-state index in [0.29, 0.717) is 5.92 Å². The van der Waals surface area contributed by atoms with Crippen LogP contribution in [0.4, 0.5) is 0 Å². The van der Waals surface area contributed by atoms with Crippen LogP contribution in [0.15, 0.2) is 166 Å². The number of nitrogens with one attached hydrogen (secondary N) is 1. The fourth-order valence-electron chi connectivity index (χ4n) is 11.8. The van der Waals surface area contributed by atoms with Gasteiger partial charge in [-0.1, -0.05) is 109 Å². The average Bonchev–Trinajstić information content (AvgIpc) is 3.93. The minimum atomic E-state index is -0.113. The Morgan fingerprint density at radius 2 is 1.71 bits per heavy atom. The van der Waals surface area contributed by atoms with Gasteiger partial charge in [0, 0.05) is 51.6 Å². The Morgan fingerprint density at radius 3 is 2.59 bits per heavy atom. The SMILES string of the molecule is CN1C(C2=CC=C[C@@H]3OC4C=C(n5c6ccccc6c6ccc(C7=CCCC=C7)cc65)C=CC4C23)=NC(C2=CCCC=C2)NC1C1=CCCC2C3=C(CCC=C3)SC12C. The molecule has 9 aliphatic rings. The van der Waals surface area contributed by atoms with Crippen molar-refractivity contribution < 1.29 is 4.74 Å². The Labute approximate surface area is 352 Å². The lowest BCUT2D eigenvalue weighted by molar-refractivity contribution is 0.0880. The van der Waals surface area contributed by atoms with Gasteiger partial charge in [-0.2, -0.15) is 0 Å². The lowest BCUT2D eigenvalue weighted by Crippen LogP contribution is -2.60. The molecule has 0 bridgehead atoms. The number of likely N-dealkylation sites (N-methyl/N-ethyl adjacent to an activating group) is 1. The number of amidine groups is 1. The zero-order valence-electron chi connectivity index (χ0n) is 34.1. The molecular weight excluding hydrogens is 741 g/mol. The molecule has 0 saturated carbocycles. The van der Waals surface area contributed by atoms with Crippen molar-refractivity contribution in [2.75, 3.05) is 7.05 Å². The van der Waals surface area contributed by atoms with Gasteiger partial charge in [-0.05, 0) is 115 Å². The van der Waals surface area contributed by atoms with E-state index in [-0.39, 0.29) is 41.1 Å². The number of hydrogen-bond acceptors (Lipinski definition) is 5. The number of benzene rings is 2. The molecule has 6 aliphatic carbocycles. The van der Waals surface area contributed by atoms with Crippen LogP contribution in [-0.2, 0) is 4.74 Å². The van der Waals surface area contributed by atoms with Crippen molar-refractivity contribution in [3.63, 3.8) is 0 Å². The van der Waals surface area contributed by atoms with Gasteiger partial charge in [0.25, 0.3) is 0 Å². The molecule has 0 radical (unpaired) electrons. The zero-order chi connectivity index (χ0) is 39.2. The number of allylic oxidation sites excluding steroid dienone is 15. The van der Waals surface area contributed by atoms with E-state index in [1.54, 1.807) is 10.5 Å². The van der Waals surface area contributed by atoms with E-state index < -0.39 is 0 Å². The second-order valence-electron chi connectivity index (χ2n) is 17.9. The minimum Gasteiger partial charge on any atom is -0.365 e. The maximum atomic E-state index is 7.09. The standard InChI is InChI=1S/C53H52N4OS/c1-53-42(39-20-10-12-26-48(39)59-53)22-14-23-43(53)52-55-50(34-17-7-4-8-18-34)54-51(56(52)2)41-21-13-25-46-49(41)40-30-28-36(32-47(40)58-46)57-44-24-11-9-19-37(44)38-29-27-35(31-45(38)57)33-15-5-3-6-16-33/h5,7,9-11,13,15-21,23-25,27-32,40,42,46-47,49-50,52,55H,3-4,6,8,12,14,22,26H2,1-2H3/t40?,42?,46-,47?,49?,50?,52?,53?/m0/s1. The highest BCUT2D eigenvalue weighted by Gasteiger charge is 2.53. The Kier molecular flexibility index (Phi) is 8.61. The minimum absolute atomic E-state index is 0.0170. The summed E-state index contributed by atoms with van der Waals surface area (Å²) in [5, 5.41) is 6.68. The van der Waals surface area contributed by atoms with Crippen molar-refractivity contribution in [2.24, 2.45) is 22.7 Å². The molecule has 1 N–H and O–H groups in total. The van der Waals surface area contributed by atoms with Gasteiger partial charge in [0.1, 0.15) is 18.2 Å². The van der Waals surface area contributed by atoms with Crippen LogP contribution in [0.25, 0.3) is 33.1 Å². The van der Waals surface area contributed by atoms with E-state index >= 15 is 0 Å². The molecule has 12 rings (SSSR count). The predicted octanol–water partition coefficient (Wildman–Crippen LogP) is 11.7. The van der Waals surface area contributed by atoms with E-state index in [1.807, 2.05) is 0 Å². The van der Waals surface area contributed by atoms with Crippen LogP contribution in [0.3, 0.4) is 0 Å². The lowest BCUT2D eigenvalue weighted by atomic mass is 9.72. The number of aromatic nitrogens is 1. The fourth-order valence-corrected chi connectivity index (χ4v) is 13.5. The average molecular weight is 793 g/mol. The van der Waals surface area contributed by atoms with Crippen LogP contribution in [0.1, 0.15) is 63.9 Å². The summed E-state index contributed by atoms with van der Waals surface area (Å²) < 4.78 is 9.57. The molecule has 8 atom stereocenters. The van der Waals surface area contributed by atoms with Gasteiger partial charge >= 0.3 is 0 Å². The van der Waals surface area contributed by atoms with Gasteiger partial charge in [-0.3, -0.25) is 5.32 Å². The molecule has 7 unspecified atom stereocenters. The van der Waals surface area contributed by atoms with E-state index in [1.165, 1.54) is 68.2 Å². The molecule has 1 saturated heterocycles. The smallest absolute Gasteiger partial charge is 0.130 e. The molecule has 4 heterocycles. The summed E-state index contributed by atoms with van der Waals surface area (Å²) in [5.41, 5.74) is 11.9. The summed E-state index contributed by atoms with van der Waals surface area (Å²) in [7, 11) is 2.28. The highest BCUT2D eigenvalue weighted by atomic mass is 32.2. The molecule has 5 nitrogen and oxygen atoms in total. The first-order chi connectivity index (χ1) is 29.0. The molecule has 6 heteroatoms. The third kappa shape index (κ3) is 5.70. The van der Waals surface area contributed by atoms with Crippen LogP contribution < -0.4 is 5.32 Å². The monoisotopic (exact) mass is 792 g/mol. The molecule has 2 aromatic carbocycles. The van der Waals surface area contributed by atoms with Gasteiger partial charge in [0.2, 0.25) is 0 Å². The Morgan fingerprint density at radius 1 is 0.847 bits per heavy atom. The topological polar surface area (TPSA) is 41.8 Å². The zero-order valence-corrected chi connectivity index (χ0v) is 34.9. The van der Waals surface area contributed by atoms with Crippen LogP contribution in [0.5, 0.6) is 0 Å². The molecule has 0 amide bonds. The number of nitrogens with zero attached hydrogens (tertiary/aromatic N) is 3. The predicted molar refractivity (Wildman–Crippen MR) is 247 cm³/mol. The molecule has 1 aromatic heterocycles. The maximum absolute atomic E-state index is 7.09. The Hall–Kier alpha value is -4.88. The summed E-state index contributed by atoms with van der Waals surface area (Å²) >= 11 is 2.15. The number of ether oxygens (including phenoxy) is 1. The third-order valence-electron chi connectivity index (χ3n) is 14.6. The molecule has 296 valence electrons. The van der Waals surface area contributed by atoms with Crippen molar-refractivity contribution in [2.45, 2.75) is 87.6 Å². The Balaban J connectivity index is 0.902. The van der Waals surface area contributed by atoms with Crippen molar-refractivity contribution in [3.05, 3.63) is 166 Å². The number of rotatable bonds is 5. The second-order valence-corrected chi connectivity index (χ2v) is 19.4. The lowest BCUT2D eigenvalue weighted by Gasteiger charge is -2.48. The molecule has 3 aliphatic heterocycles. The highest BCUT2D eigenvalue weighted by Crippen LogP contribution is 2.60. The summed E-state index contributed by atoms with van der Waals surface area (Å²) in [5.74, 6) is 2.00.